The second-order valence-electron chi connectivity index (χ2n) is 7.09. The van der Waals surface area contributed by atoms with Gasteiger partial charge in [-0.15, -0.1) is 0 Å². The molecule has 0 aromatic heterocycles. The first-order valence-electron chi connectivity index (χ1n) is 9.86. The summed E-state index contributed by atoms with van der Waals surface area (Å²) in [5.41, 5.74) is 1.52. The van der Waals surface area contributed by atoms with Crippen molar-refractivity contribution in [3.05, 3.63) is 104 Å². The minimum atomic E-state index is -0.687. The van der Waals surface area contributed by atoms with Gasteiger partial charge in [0.2, 0.25) is 5.90 Å². The summed E-state index contributed by atoms with van der Waals surface area (Å²) in [5, 5.41) is 11.0. The smallest absolute Gasteiger partial charge is 0.363 e. The van der Waals surface area contributed by atoms with Gasteiger partial charge in [-0.25, -0.2) is 14.2 Å². The lowest BCUT2D eigenvalue weighted by Gasteiger charge is -2.13. The Hall–Kier alpha value is -4.24. The van der Waals surface area contributed by atoms with Crippen LogP contribution in [0.15, 0.2) is 71.4 Å². The predicted octanol–water partition coefficient (Wildman–Crippen LogP) is 5.32. The number of nitrogens with zero attached hydrogens (tertiary/aromatic N) is 2. The van der Waals surface area contributed by atoms with E-state index >= 15 is 0 Å². The molecule has 0 fully saturated rings. The van der Waals surface area contributed by atoms with E-state index in [0.29, 0.717) is 22.4 Å². The number of ether oxygens (including phenoxy) is 3. The summed E-state index contributed by atoms with van der Waals surface area (Å²) in [6.45, 7) is 0.0993. The van der Waals surface area contributed by atoms with Gasteiger partial charge in [0.05, 0.1) is 17.1 Å². The number of carbonyl (C=O) groups is 1. The summed E-state index contributed by atoms with van der Waals surface area (Å²) in [4.78, 5) is 26.7. The first-order chi connectivity index (χ1) is 16.3. The first kappa shape index (κ1) is 22.9. The molecule has 4 rings (SSSR count). The highest BCUT2D eigenvalue weighted by molar-refractivity contribution is 6.32. The molecule has 1 heterocycles. The van der Waals surface area contributed by atoms with Crippen LogP contribution in [0.3, 0.4) is 0 Å². The monoisotopic (exact) mass is 482 g/mol. The number of methoxy groups -OCH3 is 1. The van der Waals surface area contributed by atoms with Crippen LogP contribution in [-0.4, -0.2) is 23.9 Å². The second kappa shape index (κ2) is 9.72. The zero-order valence-electron chi connectivity index (χ0n) is 17.7. The van der Waals surface area contributed by atoms with Crippen LogP contribution in [0.4, 0.5) is 10.1 Å². The van der Waals surface area contributed by atoms with Gasteiger partial charge < -0.3 is 14.2 Å². The molecule has 1 aliphatic heterocycles. The van der Waals surface area contributed by atoms with Crippen LogP contribution in [-0.2, 0) is 16.1 Å². The minimum Gasteiger partial charge on any atom is -0.493 e. The largest absolute Gasteiger partial charge is 0.493 e. The molecule has 8 nitrogen and oxygen atoms in total. The third-order valence-corrected chi connectivity index (χ3v) is 5.06. The zero-order valence-corrected chi connectivity index (χ0v) is 18.4. The van der Waals surface area contributed by atoms with Crippen LogP contribution in [0.5, 0.6) is 11.5 Å². The van der Waals surface area contributed by atoms with Gasteiger partial charge in [-0.3, -0.25) is 10.1 Å². The first-order valence-corrected chi connectivity index (χ1v) is 10.2. The molecule has 0 unspecified atom stereocenters. The van der Waals surface area contributed by atoms with E-state index in [4.69, 9.17) is 25.8 Å². The van der Waals surface area contributed by atoms with Gasteiger partial charge in [0.1, 0.15) is 12.4 Å². The lowest BCUT2D eigenvalue weighted by Crippen LogP contribution is -2.05. The highest BCUT2D eigenvalue weighted by Gasteiger charge is 2.25. The van der Waals surface area contributed by atoms with E-state index in [0.717, 1.165) is 0 Å². The van der Waals surface area contributed by atoms with Crippen molar-refractivity contribution in [1.82, 2.24) is 0 Å². The number of cyclic esters (lactones) is 1. The number of esters is 1. The lowest BCUT2D eigenvalue weighted by molar-refractivity contribution is -0.384. The third kappa shape index (κ3) is 5.05. The van der Waals surface area contributed by atoms with Crippen molar-refractivity contribution in [2.45, 2.75) is 6.61 Å². The van der Waals surface area contributed by atoms with E-state index in [1.54, 1.807) is 30.3 Å². The molecule has 0 aliphatic carbocycles. The Balaban J connectivity index is 1.56. The molecule has 0 saturated heterocycles. The highest BCUT2D eigenvalue weighted by Crippen LogP contribution is 2.38. The summed E-state index contributed by atoms with van der Waals surface area (Å²) < 4.78 is 29.8. The highest BCUT2D eigenvalue weighted by atomic mass is 35.5. The SMILES string of the molecule is COc1cc(/C=C2\N=C(c3cccc(F)c3)OC2=O)cc(Cl)c1OCc1ccc([N+](=O)[O-])cc1. The van der Waals surface area contributed by atoms with Crippen molar-refractivity contribution in [3.63, 3.8) is 0 Å². The van der Waals surface area contributed by atoms with Gasteiger partial charge in [-0.2, -0.15) is 0 Å². The van der Waals surface area contributed by atoms with E-state index in [1.165, 1.54) is 43.5 Å². The summed E-state index contributed by atoms with van der Waals surface area (Å²) >= 11 is 6.39. The minimum absolute atomic E-state index is 0.00290. The van der Waals surface area contributed by atoms with Crippen LogP contribution in [0.1, 0.15) is 16.7 Å². The van der Waals surface area contributed by atoms with Crippen LogP contribution in [0.25, 0.3) is 6.08 Å². The lowest BCUT2D eigenvalue weighted by atomic mass is 10.1. The third-order valence-electron chi connectivity index (χ3n) is 4.78. The maximum Gasteiger partial charge on any atom is 0.363 e. The number of aliphatic imine (C=N–C) groups is 1. The van der Waals surface area contributed by atoms with Gasteiger partial charge in [0, 0.05) is 17.7 Å². The fraction of sp³-hybridized carbons (Fsp3) is 0.0833. The Labute approximate surface area is 198 Å². The Morgan fingerprint density at radius 2 is 1.94 bits per heavy atom. The summed E-state index contributed by atoms with van der Waals surface area (Å²) in [7, 11) is 1.44. The van der Waals surface area contributed by atoms with E-state index in [1.807, 2.05) is 0 Å². The number of rotatable bonds is 7. The average Bonchev–Trinajstić information content (AvgIpc) is 3.18. The quantitative estimate of drug-likeness (QED) is 0.195. The van der Waals surface area contributed by atoms with Crippen molar-refractivity contribution < 1.29 is 28.3 Å². The van der Waals surface area contributed by atoms with Crippen LogP contribution >= 0.6 is 11.6 Å². The number of benzene rings is 3. The molecule has 0 atom stereocenters. The Kier molecular flexibility index (Phi) is 6.55. The Morgan fingerprint density at radius 1 is 1.18 bits per heavy atom. The number of nitro benzene ring substituents is 1. The summed E-state index contributed by atoms with van der Waals surface area (Å²) in [5.74, 6) is -0.594. The van der Waals surface area contributed by atoms with E-state index < -0.39 is 16.7 Å². The molecular weight excluding hydrogens is 467 g/mol. The average molecular weight is 483 g/mol. The molecule has 172 valence electrons. The second-order valence-corrected chi connectivity index (χ2v) is 7.50. The van der Waals surface area contributed by atoms with Gasteiger partial charge in [0.25, 0.3) is 5.69 Å². The van der Waals surface area contributed by atoms with Crippen LogP contribution < -0.4 is 9.47 Å². The topological polar surface area (TPSA) is 100 Å². The molecule has 3 aromatic rings. The fourth-order valence-corrected chi connectivity index (χ4v) is 3.42. The maximum atomic E-state index is 13.5. The van der Waals surface area contributed by atoms with Gasteiger partial charge in [-0.1, -0.05) is 17.7 Å². The Bertz CT molecular complexity index is 1340. The van der Waals surface area contributed by atoms with Gasteiger partial charge in [0.15, 0.2) is 17.2 Å². The van der Waals surface area contributed by atoms with Gasteiger partial charge >= 0.3 is 5.97 Å². The number of hydrogen-bond acceptors (Lipinski definition) is 7. The fourth-order valence-electron chi connectivity index (χ4n) is 3.14. The molecule has 0 bridgehead atoms. The molecule has 0 radical (unpaired) electrons. The van der Waals surface area contributed by atoms with E-state index in [-0.39, 0.29) is 34.7 Å². The summed E-state index contributed by atoms with van der Waals surface area (Å²) in [6.07, 6.45) is 1.46. The number of nitro groups is 1. The van der Waals surface area contributed by atoms with Crippen molar-refractivity contribution >= 4 is 35.2 Å². The molecule has 0 saturated carbocycles. The molecule has 3 aromatic carbocycles. The summed E-state index contributed by atoms with van der Waals surface area (Å²) in [6, 6.07) is 14.6. The van der Waals surface area contributed by atoms with Crippen molar-refractivity contribution in [3.8, 4) is 11.5 Å². The number of halogens is 2. The number of carbonyl (C=O) groups excluding carboxylic acids is 1. The van der Waals surface area contributed by atoms with Crippen molar-refractivity contribution in [1.29, 1.82) is 0 Å². The van der Waals surface area contributed by atoms with Crippen LogP contribution in [0, 0.1) is 15.9 Å². The maximum absolute atomic E-state index is 13.5. The van der Waals surface area contributed by atoms with Gasteiger partial charge in [-0.05, 0) is 59.7 Å². The van der Waals surface area contributed by atoms with Crippen molar-refractivity contribution in [2.24, 2.45) is 4.99 Å². The predicted molar refractivity (Wildman–Crippen MR) is 122 cm³/mol. The molecule has 0 amide bonds. The standard InChI is InChI=1S/C24H16ClFN2O6/c1-32-21-11-15(10-20-24(29)34-23(27-20)16-3-2-4-17(26)12-16)9-19(25)22(21)33-13-14-5-7-18(8-6-14)28(30)31/h2-12H,13H2,1H3/b20-10-. The Morgan fingerprint density at radius 3 is 2.62 bits per heavy atom. The number of non-ortho nitro benzene ring substituents is 1. The number of hydrogen-bond donors (Lipinski definition) is 0. The molecule has 0 spiro atoms. The van der Waals surface area contributed by atoms with Crippen molar-refractivity contribution in [2.75, 3.05) is 7.11 Å². The normalized spacial score (nSPS) is 14.0. The van der Waals surface area contributed by atoms with E-state index in [2.05, 4.69) is 4.99 Å². The molecule has 0 N–H and O–H groups in total. The molecule has 10 heteroatoms. The molecule has 34 heavy (non-hydrogen) atoms. The van der Waals surface area contributed by atoms with Crippen LogP contribution in [0.2, 0.25) is 5.02 Å². The molecule has 1 aliphatic rings. The van der Waals surface area contributed by atoms with E-state index in [9.17, 15) is 19.3 Å². The molecular formula is C24H16ClFN2O6. The zero-order chi connectivity index (χ0) is 24.2.